The van der Waals surface area contributed by atoms with Crippen LogP contribution >= 0.6 is 0 Å². The lowest BCUT2D eigenvalue weighted by Gasteiger charge is -2.20. The zero-order valence-electron chi connectivity index (χ0n) is 9.42. The number of carbonyl (C=O) groups is 1. The van der Waals surface area contributed by atoms with Gasteiger partial charge in [0.2, 0.25) is 0 Å². The molecular formula is C12H22O2. The van der Waals surface area contributed by atoms with E-state index in [0.29, 0.717) is 12.5 Å². The number of rotatable bonds is 5. The van der Waals surface area contributed by atoms with Gasteiger partial charge in [-0.2, -0.15) is 0 Å². The molecule has 2 nitrogen and oxygen atoms in total. The van der Waals surface area contributed by atoms with Gasteiger partial charge >= 0.3 is 0 Å². The van der Waals surface area contributed by atoms with Crippen LogP contribution in [0.15, 0.2) is 0 Å². The van der Waals surface area contributed by atoms with Crippen LogP contribution in [-0.4, -0.2) is 18.5 Å². The Labute approximate surface area is 87.0 Å². The first-order chi connectivity index (χ1) is 6.68. The van der Waals surface area contributed by atoms with Gasteiger partial charge in [-0.3, -0.25) is 4.79 Å². The molecule has 1 fully saturated rings. The maximum absolute atomic E-state index is 11.5. The van der Waals surface area contributed by atoms with Crippen molar-refractivity contribution in [2.75, 3.05) is 6.61 Å². The highest BCUT2D eigenvalue weighted by Gasteiger charge is 2.16. The smallest absolute Gasteiger partial charge is 0.158 e. The summed E-state index contributed by atoms with van der Waals surface area (Å²) in [4.78, 5) is 11.5. The maximum Gasteiger partial charge on any atom is 0.158 e. The van der Waals surface area contributed by atoms with Crippen molar-refractivity contribution in [1.82, 2.24) is 0 Å². The van der Waals surface area contributed by atoms with E-state index in [0.717, 1.165) is 6.42 Å². The van der Waals surface area contributed by atoms with Crippen LogP contribution in [0.4, 0.5) is 0 Å². The monoisotopic (exact) mass is 198 g/mol. The van der Waals surface area contributed by atoms with E-state index in [1.54, 1.807) is 0 Å². The van der Waals surface area contributed by atoms with E-state index in [4.69, 9.17) is 4.74 Å². The third-order valence-corrected chi connectivity index (χ3v) is 2.82. The van der Waals surface area contributed by atoms with Gasteiger partial charge in [0.1, 0.15) is 6.61 Å². The molecule has 1 saturated carbocycles. The molecule has 0 N–H and O–H groups in total. The molecule has 1 rings (SSSR count). The van der Waals surface area contributed by atoms with Crippen molar-refractivity contribution in [3.05, 3.63) is 0 Å². The van der Waals surface area contributed by atoms with E-state index >= 15 is 0 Å². The number of hydrogen-bond acceptors (Lipinski definition) is 2. The van der Waals surface area contributed by atoms with E-state index in [-0.39, 0.29) is 11.9 Å². The summed E-state index contributed by atoms with van der Waals surface area (Å²) in [5, 5.41) is 0. The Morgan fingerprint density at radius 2 is 1.93 bits per heavy atom. The van der Waals surface area contributed by atoms with Crippen molar-refractivity contribution < 1.29 is 9.53 Å². The molecule has 0 aromatic heterocycles. The Hall–Kier alpha value is -0.370. The van der Waals surface area contributed by atoms with Gasteiger partial charge in [-0.15, -0.1) is 0 Å². The zero-order chi connectivity index (χ0) is 10.4. The minimum absolute atomic E-state index is 0.172. The molecule has 0 atom stereocenters. The van der Waals surface area contributed by atoms with Crippen LogP contribution in [0, 0.1) is 5.92 Å². The Morgan fingerprint density at radius 3 is 2.50 bits per heavy atom. The second-order valence-corrected chi connectivity index (χ2v) is 4.61. The summed E-state index contributed by atoms with van der Waals surface area (Å²) in [6, 6.07) is 0. The van der Waals surface area contributed by atoms with E-state index in [1.165, 1.54) is 32.1 Å². The summed E-state index contributed by atoms with van der Waals surface area (Å²) in [5.74, 6) is 0.928. The fourth-order valence-corrected chi connectivity index (χ4v) is 2.03. The van der Waals surface area contributed by atoms with Gasteiger partial charge in [0.15, 0.2) is 5.78 Å². The summed E-state index contributed by atoms with van der Waals surface area (Å²) < 4.78 is 5.30. The van der Waals surface area contributed by atoms with Gasteiger partial charge in [-0.1, -0.05) is 32.1 Å². The SMILES string of the molecule is CC(C)OCC(=O)CC1CCCCC1. The number of ether oxygens (including phenoxy) is 1. The second-order valence-electron chi connectivity index (χ2n) is 4.61. The minimum atomic E-state index is 0.172. The number of carbonyl (C=O) groups excluding carboxylic acids is 1. The number of Topliss-reactive ketones (excluding diaryl/α,β-unsaturated/α-hetero) is 1. The van der Waals surface area contributed by atoms with Crippen LogP contribution in [0.1, 0.15) is 52.4 Å². The Balaban J connectivity index is 2.12. The van der Waals surface area contributed by atoms with E-state index in [2.05, 4.69) is 0 Å². The molecule has 1 aliphatic carbocycles. The normalized spacial score (nSPS) is 18.8. The van der Waals surface area contributed by atoms with Crippen molar-refractivity contribution in [3.8, 4) is 0 Å². The third kappa shape index (κ3) is 4.75. The predicted molar refractivity (Wildman–Crippen MR) is 57.3 cm³/mol. The van der Waals surface area contributed by atoms with Crippen LogP contribution in [0.2, 0.25) is 0 Å². The molecule has 0 bridgehead atoms. The Bertz CT molecular complexity index is 169. The van der Waals surface area contributed by atoms with Crippen molar-refractivity contribution >= 4 is 5.78 Å². The molecule has 0 unspecified atom stereocenters. The van der Waals surface area contributed by atoms with Gasteiger partial charge < -0.3 is 4.74 Å². The lowest BCUT2D eigenvalue weighted by molar-refractivity contribution is -0.126. The summed E-state index contributed by atoms with van der Waals surface area (Å²) in [7, 11) is 0. The fraction of sp³-hybridized carbons (Fsp3) is 0.917. The van der Waals surface area contributed by atoms with Gasteiger partial charge in [0.05, 0.1) is 6.10 Å². The molecule has 0 aromatic rings. The lowest BCUT2D eigenvalue weighted by atomic mass is 9.86. The van der Waals surface area contributed by atoms with E-state index in [9.17, 15) is 4.79 Å². The maximum atomic E-state index is 11.5. The first kappa shape index (κ1) is 11.7. The standard InChI is InChI=1S/C12H22O2/c1-10(2)14-9-12(13)8-11-6-4-3-5-7-11/h10-11H,3-9H2,1-2H3. The summed E-state index contributed by atoms with van der Waals surface area (Å²) in [5.41, 5.74) is 0. The molecule has 0 aromatic carbocycles. The van der Waals surface area contributed by atoms with Crippen LogP contribution in [0.3, 0.4) is 0 Å². The number of hydrogen-bond donors (Lipinski definition) is 0. The molecule has 0 radical (unpaired) electrons. The first-order valence-electron chi connectivity index (χ1n) is 5.82. The average molecular weight is 198 g/mol. The molecule has 14 heavy (non-hydrogen) atoms. The highest BCUT2D eigenvalue weighted by atomic mass is 16.5. The number of ketones is 1. The fourth-order valence-electron chi connectivity index (χ4n) is 2.03. The average Bonchev–Trinajstić information content (AvgIpc) is 2.16. The molecule has 0 aliphatic heterocycles. The molecule has 2 heteroatoms. The van der Waals surface area contributed by atoms with Gasteiger partial charge in [0, 0.05) is 6.42 Å². The summed E-state index contributed by atoms with van der Waals surface area (Å²) in [6.07, 6.45) is 7.37. The molecular weight excluding hydrogens is 176 g/mol. The Morgan fingerprint density at radius 1 is 1.29 bits per heavy atom. The minimum Gasteiger partial charge on any atom is -0.371 e. The highest BCUT2D eigenvalue weighted by molar-refractivity contribution is 5.79. The van der Waals surface area contributed by atoms with Crippen LogP contribution in [0.5, 0.6) is 0 Å². The largest absolute Gasteiger partial charge is 0.371 e. The van der Waals surface area contributed by atoms with Crippen LogP contribution in [-0.2, 0) is 9.53 Å². The quantitative estimate of drug-likeness (QED) is 0.679. The van der Waals surface area contributed by atoms with Gasteiger partial charge in [-0.25, -0.2) is 0 Å². The summed E-state index contributed by atoms with van der Waals surface area (Å²) >= 11 is 0. The van der Waals surface area contributed by atoms with Crippen molar-refractivity contribution in [2.45, 2.75) is 58.5 Å². The zero-order valence-corrected chi connectivity index (χ0v) is 9.42. The molecule has 0 saturated heterocycles. The Kier molecular flexibility index (Phi) is 5.16. The molecule has 1 aliphatic rings. The van der Waals surface area contributed by atoms with E-state index in [1.807, 2.05) is 13.8 Å². The third-order valence-electron chi connectivity index (χ3n) is 2.82. The van der Waals surface area contributed by atoms with Crippen LogP contribution < -0.4 is 0 Å². The highest BCUT2D eigenvalue weighted by Crippen LogP contribution is 2.26. The van der Waals surface area contributed by atoms with Crippen molar-refractivity contribution in [3.63, 3.8) is 0 Å². The predicted octanol–water partition coefficient (Wildman–Crippen LogP) is 2.95. The van der Waals surface area contributed by atoms with Crippen molar-refractivity contribution in [1.29, 1.82) is 0 Å². The molecule has 0 amide bonds. The van der Waals surface area contributed by atoms with E-state index < -0.39 is 0 Å². The molecule has 0 heterocycles. The second kappa shape index (κ2) is 6.18. The van der Waals surface area contributed by atoms with Crippen LogP contribution in [0.25, 0.3) is 0 Å². The molecule has 82 valence electrons. The molecule has 0 spiro atoms. The first-order valence-corrected chi connectivity index (χ1v) is 5.82. The summed E-state index contributed by atoms with van der Waals surface area (Å²) in [6.45, 7) is 4.25. The topological polar surface area (TPSA) is 26.3 Å². The van der Waals surface area contributed by atoms with Gasteiger partial charge in [0.25, 0.3) is 0 Å². The van der Waals surface area contributed by atoms with Gasteiger partial charge in [-0.05, 0) is 19.8 Å². The lowest BCUT2D eigenvalue weighted by Crippen LogP contribution is -2.18. The van der Waals surface area contributed by atoms with Crippen molar-refractivity contribution in [2.24, 2.45) is 5.92 Å².